The third-order valence-electron chi connectivity index (χ3n) is 4.32. The summed E-state index contributed by atoms with van der Waals surface area (Å²) in [5, 5.41) is 3.31. The Bertz CT molecular complexity index is 546. The molecule has 6 heteroatoms. The summed E-state index contributed by atoms with van der Waals surface area (Å²) in [4.78, 5) is 6.54. The maximum atomic E-state index is 13.3. The van der Waals surface area contributed by atoms with Crippen LogP contribution < -0.4 is 5.32 Å². The van der Waals surface area contributed by atoms with E-state index in [-0.39, 0.29) is 18.0 Å². The SMILES string of the molecule is CN=C(NCc1cccc(F)c1)N1CCOC(C2CCCO2)C1. The minimum Gasteiger partial charge on any atom is -0.375 e. The quantitative estimate of drug-likeness (QED) is 0.681. The fourth-order valence-electron chi connectivity index (χ4n) is 3.15. The Kier molecular flexibility index (Phi) is 5.46. The predicted octanol–water partition coefficient (Wildman–Crippen LogP) is 1.78. The average Bonchev–Trinajstić information content (AvgIpc) is 3.10. The molecule has 2 heterocycles. The molecular weight excluding hydrogens is 297 g/mol. The van der Waals surface area contributed by atoms with Crippen molar-refractivity contribution in [1.29, 1.82) is 0 Å². The molecule has 23 heavy (non-hydrogen) atoms. The summed E-state index contributed by atoms with van der Waals surface area (Å²) in [6, 6.07) is 6.61. The van der Waals surface area contributed by atoms with E-state index in [4.69, 9.17) is 9.47 Å². The van der Waals surface area contributed by atoms with Crippen molar-refractivity contribution in [1.82, 2.24) is 10.2 Å². The Morgan fingerprint density at radius 1 is 1.35 bits per heavy atom. The van der Waals surface area contributed by atoms with Gasteiger partial charge in [0.15, 0.2) is 5.96 Å². The highest BCUT2D eigenvalue weighted by molar-refractivity contribution is 5.80. The minimum atomic E-state index is -0.218. The number of nitrogens with one attached hydrogen (secondary N) is 1. The number of morpholine rings is 1. The number of benzene rings is 1. The number of guanidine groups is 1. The molecule has 0 amide bonds. The number of ether oxygens (including phenoxy) is 2. The monoisotopic (exact) mass is 321 g/mol. The minimum absolute atomic E-state index is 0.0963. The maximum absolute atomic E-state index is 13.3. The van der Waals surface area contributed by atoms with E-state index in [1.165, 1.54) is 12.1 Å². The van der Waals surface area contributed by atoms with Crippen LogP contribution in [0.25, 0.3) is 0 Å². The van der Waals surface area contributed by atoms with Gasteiger partial charge in [-0.05, 0) is 30.5 Å². The first-order chi connectivity index (χ1) is 11.3. The van der Waals surface area contributed by atoms with Crippen LogP contribution in [0, 0.1) is 5.82 Å². The zero-order valence-corrected chi connectivity index (χ0v) is 13.5. The van der Waals surface area contributed by atoms with Crippen molar-refractivity contribution in [3.8, 4) is 0 Å². The predicted molar refractivity (Wildman–Crippen MR) is 86.9 cm³/mol. The van der Waals surface area contributed by atoms with E-state index in [0.29, 0.717) is 13.2 Å². The van der Waals surface area contributed by atoms with Gasteiger partial charge in [-0.15, -0.1) is 0 Å². The molecule has 1 N–H and O–H groups in total. The van der Waals surface area contributed by atoms with Crippen molar-refractivity contribution in [2.24, 2.45) is 4.99 Å². The van der Waals surface area contributed by atoms with E-state index in [9.17, 15) is 4.39 Å². The summed E-state index contributed by atoms with van der Waals surface area (Å²) in [5.41, 5.74) is 0.898. The molecule has 2 unspecified atom stereocenters. The molecule has 5 nitrogen and oxygen atoms in total. The van der Waals surface area contributed by atoms with Gasteiger partial charge in [0.05, 0.1) is 12.7 Å². The summed E-state index contributed by atoms with van der Waals surface area (Å²) in [7, 11) is 1.77. The van der Waals surface area contributed by atoms with Gasteiger partial charge in [0.25, 0.3) is 0 Å². The van der Waals surface area contributed by atoms with Gasteiger partial charge in [0.1, 0.15) is 11.9 Å². The van der Waals surface area contributed by atoms with Crippen LogP contribution in [0.1, 0.15) is 18.4 Å². The number of rotatable bonds is 3. The van der Waals surface area contributed by atoms with Gasteiger partial charge in [-0.2, -0.15) is 0 Å². The molecule has 2 saturated heterocycles. The van der Waals surface area contributed by atoms with E-state index in [2.05, 4.69) is 15.2 Å². The first kappa shape index (κ1) is 16.2. The highest BCUT2D eigenvalue weighted by Crippen LogP contribution is 2.21. The molecule has 1 aromatic carbocycles. The molecule has 0 spiro atoms. The number of halogens is 1. The Morgan fingerprint density at radius 3 is 2.96 bits per heavy atom. The molecule has 2 aliphatic rings. The average molecular weight is 321 g/mol. The molecule has 126 valence electrons. The summed E-state index contributed by atoms with van der Waals surface area (Å²) < 4.78 is 24.9. The molecule has 0 bridgehead atoms. The van der Waals surface area contributed by atoms with Crippen LogP contribution in [0.5, 0.6) is 0 Å². The van der Waals surface area contributed by atoms with E-state index in [1.54, 1.807) is 13.1 Å². The van der Waals surface area contributed by atoms with Crippen molar-refractivity contribution in [2.75, 3.05) is 33.4 Å². The van der Waals surface area contributed by atoms with E-state index < -0.39 is 0 Å². The zero-order chi connectivity index (χ0) is 16.1. The molecule has 0 aliphatic carbocycles. The smallest absolute Gasteiger partial charge is 0.194 e. The number of hydrogen-bond donors (Lipinski definition) is 1. The van der Waals surface area contributed by atoms with Crippen molar-refractivity contribution in [2.45, 2.75) is 31.6 Å². The number of nitrogens with zero attached hydrogens (tertiary/aromatic N) is 2. The van der Waals surface area contributed by atoms with Crippen LogP contribution in [-0.2, 0) is 16.0 Å². The van der Waals surface area contributed by atoms with Crippen molar-refractivity contribution >= 4 is 5.96 Å². The van der Waals surface area contributed by atoms with Crippen molar-refractivity contribution in [3.05, 3.63) is 35.6 Å². The third kappa shape index (κ3) is 4.20. The largest absolute Gasteiger partial charge is 0.375 e. The van der Waals surface area contributed by atoms with Gasteiger partial charge in [-0.3, -0.25) is 4.99 Å². The third-order valence-corrected chi connectivity index (χ3v) is 4.32. The summed E-state index contributed by atoms with van der Waals surface area (Å²) in [6.07, 6.45) is 2.46. The van der Waals surface area contributed by atoms with Gasteiger partial charge in [0, 0.05) is 33.3 Å². The maximum Gasteiger partial charge on any atom is 0.194 e. The van der Waals surface area contributed by atoms with Gasteiger partial charge in [-0.1, -0.05) is 12.1 Å². The fourth-order valence-corrected chi connectivity index (χ4v) is 3.15. The second kappa shape index (κ2) is 7.75. The lowest BCUT2D eigenvalue weighted by atomic mass is 10.1. The topological polar surface area (TPSA) is 46.1 Å². The molecule has 3 rings (SSSR count). The summed E-state index contributed by atoms with van der Waals surface area (Å²) in [5.74, 6) is 0.602. The van der Waals surface area contributed by atoms with Gasteiger partial charge >= 0.3 is 0 Å². The molecule has 1 aromatic rings. The van der Waals surface area contributed by atoms with Crippen LogP contribution in [0.2, 0.25) is 0 Å². The van der Waals surface area contributed by atoms with Crippen LogP contribution >= 0.6 is 0 Å². The van der Waals surface area contributed by atoms with Gasteiger partial charge in [-0.25, -0.2) is 4.39 Å². The standard InChI is InChI=1S/C17H24FN3O2/c1-19-17(20-11-13-4-2-5-14(18)10-13)21-7-9-23-16(12-21)15-6-3-8-22-15/h2,4-5,10,15-16H,3,6-9,11-12H2,1H3,(H,19,20). The lowest BCUT2D eigenvalue weighted by Gasteiger charge is -2.37. The lowest BCUT2D eigenvalue weighted by molar-refractivity contribution is -0.0817. The first-order valence-corrected chi connectivity index (χ1v) is 8.19. The Labute approximate surface area is 136 Å². The molecule has 2 fully saturated rings. The summed E-state index contributed by atoms with van der Waals surface area (Å²) >= 11 is 0. The van der Waals surface area contributed by atoms with Crippen molar-refractivity contribution < 1.29 is 13.9 Å². The molecule has 2 atom stereocenters. The second-order valence-electron chi connectivity index (χ2n) is 5.94. The molecule has 0 saturated carbocycles. The highest BCUT2D eigenvalue weighted by atomic mass is 19.1. The lowest BCUT2D eigenvalue weighted by Crippen LogP contribution is -2.53. The van der Waals surface area contributed by atoms with Crippen molar-refractivity contribution in [3.63, 3.8) is 0 Å². The van der Waals surface area contributed by atoms with Crippen LogP contribution in [0.3, 0.4) is 0 Å². The Morgan fingerprint density at radius 2 is 2.22 bits per heavy atom. The van der Waals surface area contributed by atoms with E-state index >= 15 is 0 Å². The first-order valence-electron chi connectivity index (χ1n) is 8.19. The molecule has 0 aromatic heterocycles. The fraction of sp³-hybridized carbons (Fsp3) is 0.588. The summed E-state index contributed by atoms with van der Waals surface area (Å²) in [6.45, 7) is 3.62. The van der Waals surface area contributed by atoms with Crippen LogP contribution in [0.15, 0.2) is 29.3 Å². The number of hydrogen-bond acceptors (Lipinski definition) is 3. The van der Waals surface area contributed by atoms with E-state index in [0.717, 1.165) is 44.1 Å². The number of aliphatic imine (C=N–C) groups is 1. The van der Waals surface area contributed by atoms with Gasteiger partial charge < -0.3 is 19.7 Å². The van der Waals surface area contributed by atoms with Crippen LogP contribution in [-0.4, -0.2) is 56.4 Å². The Balaban J connectivity index is 1.57. The normalized spacial score (nSPS) is 25.7. The molecule has 0 radical (unpaired) electrons. The van der Waals surface area contributed by atoms with Gasteiger partial charge in [0.2, 0.25) is 0 Å². The highest BCUT2D eigenvalue weighted by Gasteiger charge is 2.32. The molecular formula is C17H24FN3O2. The zero-order valence-electron chi connectivity index (χ0n) is 13.5. The molecule has 2 aliphatic heterocycles. The van der Waals surface area contributed by atoms with Crippen LogP contribution in [0.4, 0.5) is 4.39 Å². The Hall–Kier alpha value is -1.66. The second-order valence-corrected chi connectivity index (χ2v) is 5.94. The van der Waals surface area contributed by atoms with E-state index in [1.807, 2.05) is 6.07 Å².